The van der Waals surface area contributed by atoms with Gasteiger partial charge in [-0.05, 0) is 62.1 Å². The van der Waals surface area contributed by atoms with E-state index in [1.807, 2.05) is 29.2 Å². The molecule has 2 heterocycles. The molecule has 5 rings (SSSR count). The van der Waals surface area contributed by atoms with Gasteiger partial charge in [0.2, 0.25) is 17.7 Å². The van der Waals surface area contributed by atoms with E-state index in [9.17, 15) is 14.4 Å². The van der Waals surface area contributed by atoms with Gasteiger partial charge in [-0.15, -0.1) is 0 Å². The molecular formula is C31H46ClN5O3. The first-order chi connectivity index (χ1) is 19.4. The van der Waals surface area contributed by atoms with E-state index in [1.165, 1.54) is 32.1 Å². The zero-order chi connectivity index (χ0) is 28.0. The molecule has 220 valence electrons. The lowest BCUT2D eigenvalue weighted by atomic mass is 9.63. The summed E-state index contributed by atoms with van der Waals surface area (Å²) in [7, 11) is 0. The molecule has 0 aromatic heterocycles. The van der Waals surface area contributed by atoms with Crippen LogP contribution < -0.4 is 21.3 Å². The van der Waals surface area contributed by atoms with E-state index in [-0.39, 0.29) is 23.8 Å². The molecule has 0 bridgehead atoms. The van der Waals surface area contributed by atoms with Gasteiger partial charge in [0.1, 0.15) is 6.04 Å². The highest BCUT2D eigenvalue weighted by Crippen LogP contribution is 2.46. The van der Waals surface area contributed by atoms with Gasteiger partial charge in [0.15, 0.2) is 0 Å². The number of amides is 3. The second-order valence-electron chi connectivity index (χ2n) is 12.4. The molecule has 40 heavy (non-hydrogen) atoms. The summed E-state index contributed by atoms with van der Waals surface area (Å²) in [6.07, 6.45) is 12.1. The van der Waals surface area contributed by atoms with Crippen molar-refractivity contribution >= 4 is 29.3 Å². The van der Waals surface area contributed by atoms with Crippen LogP contribution in [0.25, 0.3) is 0 Å². The molecule has 4 aliphatic rings. The van der Waals surface area contributed by atoms with Gasteiger partial charge in [-0.25, -0.2) is 0 Å². The van der Waals surface area contributed by atoms with E-state index < -0.39 is 11.5 Å². The number of halogens is 1. The number of rotatable bonds is 8. The molecular weight excluding hydrogens is 526 g/mol. The maximum Gasteiger partial charge on any atom is 0.245 e. The van der Waals surface area contributed by atoms with Crippen molar-refractivity contribution in [2.45, 2.75) is 95.2 Å². The Morgan fingerprint density at radius 2 is 1.62 bits per heavy atom. The highest BCUT2D eigenvalue weighted by atomic mass is 35.5. The minimum absolute atomic E-state index is 0.0690. The van der Waals surface area contributed by atoms with Gasteiger partial charge in [0, 0.05) is 50.2 Å². The maximum absolute atomic E-state index is 14.0. The summed E-state index contributed by atoms with van der Waals surface area (Å²) in [5, 5.41) is 13.6. The lowest BCUT2D eigenvalue weighted by Gasteiger charge is -2.47. The lowest BCUT2D eigenvalue weighted by Crippen LogP contribution is -2.61. The lowest BCUT2D eigenvalue weighted by molar-refractivity contribution is -0.147. The fourth-order valence-corrected chi connectivity index (χ4v) is 7.51. The topological polar surface area (TPSA) is 103 Å². The van der Waals surface area contributed by atoms with Crippen LogP contribution in [0.2, 0.25) is 5.02 Å². The van der Waals surface area contributed by atoms with Crippen LogP contribution in [0.15, 0.2) is 24.3 Å². The number of piperazine rings is 1. The van der Waals surface area contributed by atoms with Gasteiger partial charge in [-0.2, -0.15) is 0 Å². The second-order valence-corrected chi connectivity index (χ2v) is 12.8. The zero-order valence-corrected chi connectivity index (χ0v) is 24.4. The standard InChI is InChI=1S/C31H46ClN5O3/c32-24-12-10-22(11-13-24)20-26(36-28(38)27-21-33-16-17-34-27)29(39)37-18-14-31(15-19-37,23-6-2-1-3-7-23)30(40)35-25-8-4-5-9-25/h10-13,23,25-27,33-34H,1-9,14-21H2,(H,35,40)(H,36,38)/t26-,27-/m1/s1. The van der Waals surface area contributed by atoms with Gasteiger partial charge in [-0.3, -0.25) is 14.4 Å². The second kappa shape index (κ2) is 13.7. The number of hydrogen-bond acceptors (Lipinski definition) is 5. The van der Waals surface area contributed by atoms with Crippen molar-refractivity contribution in [3.8, 4) is 0 Å². The molecule has 2 aliphatic heterocycles. The third-order valence-electron chi connectivity index (χ3n) is 9.82. The van der Waals surface area contributed by atoms with Crippen LogP contribution in [-0.4, -0.2) is 73.5 Å². The first kappa shape index (κ1) is 29.3. The molecule has 0 unspecified atom stereocenters. The Kier molecular flexibility index (Phi) is 10.0. The number of hydrogen-bond donors (Lipinski definition) is 4. The highest BCUT2D eigenvalue weighted by Gasteiger charge is 2.49. The predicted molar refractivity (Wildman–Crippen MR) is 157 cm³/mol. The van der Waals surface area contributed by atoms with Gasteiger partial charge in [0.25, 0.3) is 0 Å². The molecule has 0 radical (unpaired) electrons. The van der Waals surface area contributed by atoms with Gasteiger partial charge >= 0.3 is 0 Å². The highest BCUT2D eigenvalue weighted by molar-refractivity contribution is 6.30. The summed E-state index contributed by atoms with van der Waals surface area (Å²) in [4.78, 5) is 42.9. The van der Waals surface area contributed by atoms with Crippen LogP contribution in [0, 0.1) is 11.3 Å². The summed E-state index contributed by atoms with van der Waals surface area (Å²) in [5.74, 6) is 0.374. The van der Waals surface area contributed by atoms with Crippen LogP contribution in [-0.2, 0) is 20.8 Å². The molecule has 0 spiro atoms. The smallest absolute Gasteiger partial charge is 0.245 e. The molecule has 2 saturated carbocycles. The molecule has 4 N–H and O–H groups in total. The predicted octanol–water partition coefficient (Wildman–Crippen LogP) is 3.18. The normalized spacial score (nSPS) is 24.8. The fraction of sp³-hybridized carbons (Fsp3) is 0.710. The van der Waals surface area contributed by atoms with E-state index in [4.69, 9.17) is 11.6 Å². The van der Waals surface area contributed by atoms with Crippen LogP contribution in [0.4, 0.5) is 0 Å². The number of piperidine rings is 1. The zero-order valence-electron chi connectivity index (χ0n) is 23.7. The van der Waals surface area contributed by atoms with E-state index >= 15 is 0 Å². The summed E-state index contributed by atoms with van der Waals surface area (Å²) >= 11 is 6.10. The van der Waals surface area contributed by atoms with Crippen molar-refractivity contribution in [3.05, 3.63) is 34.9 Å². The molecule has 2 aliphatic carbocycles. The van der Waals surface area contributed by atoms with E-state index in [2.05, 4.69) is 21.3 Å². The van der Waals surface area contributed by atoms with Gasteiger partial charge in [0.05, 0.1) is 11.5 Å². The minimum atomic E-state index is -0.674. The summed E-state index contributed by atoms with van der Waals surface area (Å²) in [5.41, 5.74) is 0.550. The third kappa shape index (κ3) is 7.00. The number of benzene rings is 1. The third-order valence-corrected chi connectivity index (χ3v) is 10.1. The molecule has 4 fully saturated rings. The molecule has 2 saturated heterocycles. The van der Waals surface area contributed by atoms with Gasteiger partial charge in [-0.1, -0.05) is 55.8 Å². The monoisotopic (exact) mass is 571 g/mol. The first-order valence-electron chi connectivity index (χ1n) is 15.5. The van der Waals surface area contributed by atoms with Crippen molar-refractivity contribution in [3.63, 3.8) is 0 Å². The average molecular weight is 572 g/mol. The molecule has 1 aromatic carbocycles. The quantitative estimate of drug-likeness (QED) is 0.384. The number of nitrogens with one attached hydrogen (secondary N) is 4. The van der Waals surface area contributed by atoms with Crippen LogP contribution in [0.5, 0.6) is 0 Å². The number of carbonyl (C=O) groups excluding carboxylic acids is 3. The van der Waals surface area contributed by atoms with Crippen LogP contribution >= 0.6 is 11.6 Å². The Morgan fingerprint density at radius 1 is 0.950 bits per heavy atom. The Morgan fingerprint density at radius 3 is 2.27 bits per heavy atom. The van der Waals surface area contributed by atoms with E-state index in [1.54, 1.807) is 0 Å². The van der Waals surface area contributed by atoms with Crippen LogP contribution in [0.1, 0.15) is 76.2 Å². The molecule has 9 heteroatoms. The van der Waals surface area contributed by atoms with Crippen molar-refractivity contribution in [1.29, 1.82) is 0 Å². The fourth-order valence-electron chi connectivity index (χ4n) is 7.39. The SMILES string of the molecule is O=C(N[C@H](Cc1ccc(Cl)cc1)C(=O)N1CCC(C(=O)NC2CCCC2)(C2CCCCC2)CC1)[C@H]1CNCCN1. The molecule has 2 atom stereocenters. The van der Waals surface area contributed by atoms with E-state index in [0.29, 0.717) is 62.4 Å². The van der Waals surface area contributed by atoms with Crippen molar-refractivity contribution < 1.29 is 14.4 Å². The largest absolute Gasteiger partial charge is 0.353 e. The van der Waals surface area contributed by atoms with Crippen molar-refractivity contribution in [2.75, 3.05) is 32.7 Å². The number of nitrogens with zero attached hydrogens (tertiary/aromatic N) is 1. The van der Waals surface area contributed by atoms with Crippen molar-refractivity contribution in [2.24, 2.45) is 11.3 Å². The van der Waals surface area contributed by atoms with Crippen molar-refractivity contribution in [1.82, 2.24) is 26.2 Å². The molecule has 1 aromatic rings. The van der Waals surface area contributed by atoms with Crippen LogP contribution in [0.3, 0.4) is 0 Å². The molecule has 3 amide bonds. The Balaban J connectivity index is 1.29. The molecule has 8 nitrogen and oxygen atoms in total. The minimum Gasteiger partial charge on any atom is -0.353 e. The van der Waals surface area contributed by atoms with Gasteiger partial charge < -0.3 is 26.2 Å². The number of carbonyl (C=O) groups is 3. The van der Waals surface area contributed by atoms with E-state index in [0.717, 1.165) is 37.8 Å². The Hall–Kier alpha value is -2.16. The Labute approximate surface area is 243 Å². The summed E-state index contributed by atoms with van der Waals surface area (Å²) < 4.78 is 0. The summed E-state index contributed by atoms with van der Waals surface area (Å²) in [6.45, 7) is 3.17. The maximum atomic E-state index is 14.0. The number of likely N-dealkylation sites (tertiary alicyclic amines) is 1. The summed E-state index contributed by atoms with van der Waals surface area (Å²) in [6, 6.07) is 6.71. The first-order valence-corrected chi connectivity index (χ1v) is 15.9. The average Bonchev–Trinajstić information content (AvgIpc) is 3.51. The Bertz CT molecular complexity index is 1010.